The molecule has 0 heterocycles. The maximum absolute atomic E-state index is 5.39. The Kier molecular flexibility index (Phi) is 4.99. The molecule has 0 saturated heterocycles. The summed E-state index contributed by atoms with van der Waals surface area (Å²) < 4.78 is 2.15. The summed E-state index contributed by atoms with van der Waals surface area (Å²) >= 11 is 3.78. The molecule has 0 amide bonds. The van der Waals surface area contributed by atoms with E-state index in [0.717, 1.165) is 4.02 Å². The molecule has 0 radical (unpaired) electrons. The summed E-state index contributed by atoms with van der Waals surface area (Å²) in [5.41, 5.74) is 5.39. The van der Waals surface area contributed by atoms with Crippen molar-refractivity contribution in [2.24, 2.45) is 5.73 Å². The van der Waals surface area contributed by atoms with Gasteiger partial charge in [0.2, 0.25) is 0 Å². The molecule has 0 saturated carbocycles. The van der Waals surface area contributed by atoms with Crippen molar-refractivity contribution in [3.8, 4) is 0 Å². The molecule has 0 aliphatic heterocycles. The van der Waals surface area contributed by atoms with Gasteiger partial charge in [0.05, 0.1) is 0 Å². The average molecular weight is 316 g/mol. The zero-order chi connectivity index (χ0) is 6.57. The van der Waals surface area contributed by atoms with E-state index in [-0.39, 0.29) is 0 Å². The SMILES string of the molecule is C[C](=[V])C=C[C](N)=[W]. The van der Waals surface area contributed by atoms with Crippen molar-refractivity contribution < 1.29 is 36.3 Å². The van der Waals surface area contributed by atoms with Crippen LogP contribution in [0.5, 0.6) is 0 Å². The van der Waals surface area contributed by atoms with Crippen LogP contribution in [-0.2, 0) is 36.3 Å². The van der Waals surface area contributed by atoms with Gasteiger partial charge >= 0.3 is 69.4 Å². The van der Waals surface area contributed by atoms with E-state index in [1.165, 1.54) is 23.6 Å². The van der Waals surface area contributed by atoms with Gasteiger partial charge in [-0.1, -0.05) is 0 Å². The van der Waals surface area contributed by atoms with Gasteiger partial charge in [0.1, 0.15) is 0 Å². The van der Waals surface area contributed by atoms with Crippen molar-refractivity contribution in [1.29, 1.82) is 0 Å². The van der Waals surface area contributed by atoms with Crippen molar-refractivity contribution in [3.63, 3.8) is 0 Å². The molecule has 0 unspecified atom stereocenters. The first-order valence-electron chi connectivity index (χ1n) is 2.13. The van der Waals surface area contributed by atoms with Crippen LogP contribution in [0.2, 0.25) is 0 Å². The summed E-state index contributed by atoms with van der Waals surface area (Å²) in [5.74, 6) is 0. The fourth-order valence-electron chi connectivity index (χ4n) is 0.203. The van der Waals surface area contributed by atoms with Crippen molar-refractivity contribution in [1.82, 2.24) is 0 Å². The molecule has 3 heteroatoms. The summed E-state index contributed by atoms with van der Waals surface area (Å²) in [7, 11) is 0. The molecule has 0 rings (SSSR count). The number of nitrogens with two attached hydrogens (primary N) is 1. The number of hydrogen-bond acceptors (Lipinski definition) is 1. The van der Waals surface area contributed by atoms with Gasteiger partial charge in [-0.15, -0.1) is 0 Å². The molecule has 0 aromatic heterocycles. The molecule has 1 nitrogen and oxygen atoms in total. The first kappa shape index (κ1) is 8.71. The standard InChI is InChI=1S/C5H7N.V.W/c1-2-3-4-5-6;;/h3-4H,6H2,1H3;;. The third-order valence-corrected chi connectivity index (χ3v) is 1.21. The van der Waals surface area contributed by atoms with Crippen LogP contribution in [0.25, 0.3) is 0 Å². The molecule has 0 aliphatic rings. The summed E-state index contributed by atoms with van der Waals surface area (Å²) in [4.78, 5) is 0. The van der Waals surface area contributed by atoms with Gasteiger partial charge in [-0.05, 0) is 0 Å². The second kappa shape index (κ2) is 4.58. The van der Waals surface area contributed by atoms with Gasteiger partial charge in [-0.3, -0.25) is 0 Å². The predicted octanol–water partition coefficient (Wildman–Crippen LogP) is -0.0829. The van der Waals surface area contributed by atoms with Gasteiger partial charge in [0.25, 0.3) is 0 Å². The van der Waals surface area contributed by atoms with E-state index in [9.17, 15) is 0 Å². The molecule has 0 aromatic carbocycles. The number of hydrogen-bond donors (Lipinski definition) is 1. The second-order valence-electron chi connectivity index (χ2n) is 1.38. The Morgan fingerprint density at radius 3 is 2.25 bits per heavy atom. The first-order valence-corrected chi connectivity index (χ1v) is 4.29. The first-order chi connectivity index (χ1) is 3.63. The van der Waals surface area contributed by atoms with E-state index in [0.29, 0.717) is 0 Å². The molecule has 8 heavy (non-hydrogen) atoms. The molecule has 0 aromatic rings. The van der Waals surface area contributed by atoms with Crippen molar-refractivity contribution >= 4 is 8.25 Å². The van der Waals surface area contributed by atoms with Gasteiger partial charge in [0, 0.05) is 0 Å². The van der Waals surface area contributed by atoms with E-state index in [1.807, 2.05) is 19.1 Å². The zero-order valence-electron chi connectivity index (χ0n) is 4.59. The molecule has 0 fully saturated rings. The summed E-state index contributed by atoms with van der Waals surface area (Å²) in [6.07, 6.45) is 3.91. The third kappa shape index (κ3) is 6.71. The molecular formula is C5H7NVW. The molecule has 0 bridgehead atoms. The van der Waals surface area contributed by atoms with Crippen LogP contribution in [0.4, 0.5) is 0 Å². The average Bonchev–Trinajstić information content (AvgIpc) is 1.61. The van der Waals surface area contributed by atoms with Crippen LogP contribution in [0, 0.1) is 0 Å². The van der Waals surface area contributed by atoms with Gasteiger partial charge < -0.3 is 0 Å². The van der Waals surface area contributed by atoms with Crippen LogP contribution in [0.3, 0.4) is 0 Å². The Morgan fingerprint density at radius 2 is 2.12 bits per heavy atom. The molecule has 2 N–H and O–H groups in total. The third-order valence-electron chi connectivity index (χ3n) is 0.489. The van der Waals surface area contributed by atoms with Crippen LogP contribution in [0.15, 0.2) is 12.2 Å². The van der Waals surface area contributed by atoms with Gasteiger partial charge in [-0.2, -0.15) is 0 Å². The summed E-state index contributed by atoms with van der Waals surface area (Å²) in [6.45, 7) is 2.02. The van der Waals surface area contributed by atoms with Crippen LogP contribution >= 0.6 is 0 Å². The van der Waals surface area contributed by atoms with Crippen LogP contribution in [-0.4, -0.2) is 8.25 Å². The topological polar surface area (TPSA) is 26.0 Å². The minimum atomic E-state index is 0.926. The Morgan fingerprint density at radius 1 is 1.62 bits per heavy atom. The molecule has 0 aliphatic carbocycles. The van der Waals surface area contributed by atoms with Gasteiger partial charge in [-0.25, -0.2) is 0 Å². The molecule has 0 spiro atoms. The van der Waals surface area contributed by atoms with E-state index >= 15 is 0 Å². The number of allylic oxidation sites excluding steroid dienone is 1. The molecular weight excluding hydrogens is 309 g/mol. The molecule has 43 valence electrons. The van der Waals surface area contributed by atoms with Crippen molar-refractivity contribution in [2.75, 3.05) is 0 Å². The normalized spacial score (nSPS) is 9.62. The van der Waals surface area contributed by atoms with E-state index < -0.39 is 0 Å². The quantitative estimate of drug-likeness (QED) is 0.758. The maximum atomic E-state index is 5.39. The summed E-state index contributed by atoms with van der Waals surface area (Å²) in [6, 6.07) is 0. The Labute approximate surface area is 69.2 Å². The Balaban J connectivity index is 3.67. The van der Waals surface area contributed by atoms with E-state index in [1.54, 1.807) is 0 Å². The van der Waals surface area contributed by atoms with Crippen LogP contribution in [0.1, 0.15) is 6.92 Å². The zero-order valence-corrected chi connectivity index (χ0v) is 8.92. The Bertz CT molecular complexity index is 123. The van der Waals surface area contributed by atoms with Crippen LogP contribution < -0.4 is 5.73 Å². The second-order valence-corrected chi connectivity index (χ2v) is 4.17. The molecule has 0 atom stereocenters. The van der Waals surface area contributed by atoms with E-state index in [2.05, 4.69) is 17.0 Å². The number of rotatable bonds is 2. The predicted molar refractivity (Wildman–Crippen MR) is 29.0 cm³/mol. The fourth-order valence-corrected chi connectivity index (χ4v) is 0.564. The van der Waals surface area contributed by atoms with Crippen molar-refractivity contribution in [3.05, 3.63) is 12.2 Å². The van der Waals surface area contributed by atoms with E-state index in [4.69, 9.17) is 5.73 Å². The van der Waals surface area contributed by atoms with Crippen molar-refractivity contribution in [2.45, 2.75) is 6.92 Å². The monoisotopic (exact) mass is 316 g/mol. The fraction of sp³-hybridized carbons (Fsp3) is 0.200. The van der Waals surface area contributed by atoms with Gasteiger partial charge in [0.15, 0.2) is 0 Å². The summed E-state index contributed by atoms with van der Waals surface area (Å²) in [5, 5.41) is 0. The minimum absolute atomic E-state index is 0.926. The Hall–Kier alpha value is 0.713.